The second-order valence-corrected chi connectivity index (χ2v) is 10.9. The maximum absolute atomic E-state index is 12.8. The van der Waals surface area contributed by atoms with Crippen molar-refractivity contribution in [2.45, 2.75) is 9.79 Å². The molecular formula is C19H23N3O5S2. The number of benzene rings is 2. The Bertz CT molecular complexity index is 1090. The predicted octanol–water partition coefficient (Wildman–Crippen LogP) is 1.08. The van der Waals surface area contributed by atoms with Crippen molar-refractivity contribution < 1.29 is 21.6 Å². The van der Waals surface area contributed by atoms with Gasteiger partial charge in [-0.25, -0.2) is 21.1 Å². The van der Waals surface area contributed by atoms with Crippen LogP contribution in [0.1, 0.15) is 10.4 Å². The van der Waals surface area contributed by atoms with Gasteiger partial charge in [-0.05, 0) is 30.3 Å². The van der Waals surface area contributed by atoms with E-state index >= 15 is 0 Å². The van der Waals surface area contributed by atoms with Crippen LogP contribution in [0.25, 0.3) is 0 Å². The minimum absolute atomic E-state index is 0.0404. The van der Waals surface area contributed by atoms with Crippen LogP contribution in [0, 0.1) is 0 Å². The second-order valence-electron chi connectivity index (χ2n) is 6.82. The Labute approximate surface area is 171 Å². The highest BCUT2D eigenvalue weighted by molar-refractivity contribution is 7.89. The largest absolute Gasteiger partial charge is 0.336 e. The van der Waals surface area contributed by atoms with E-state index in [1.54, 1.807) is 41.3 Å². The third-order valence-electron chi connectivity index (χ3n) is 4.77. The van der Waals surface area contributed by atoms with Gasteiger partial charge in [0.1, 0.15) is 0 Å². The van der Waals surface area contributed by atoms with Gasteiger partial charge in [0.25, 0.3) is 5.91 Å². The van der Waals surface area contributed by atoms with Crippen LogP contribution in [0.15, 0.2) is 64.4 Å². The molecule has 0 spiro atoms. The third kappa shape index (κ3) is 4.35. The number of piperazine rings is 1. The highest BCUT2D eigenvalue weighted by Gasteiger charge is 2.30. The van der Waals surface area contributed by atoms with E-state index in [2.05, 4.69) is 0 Å². The Hall–Kier alpha value is -2.27. The number of carbonyl (C=O) groups excluding carboxylic acids is 1. The van der Waals surface area contributed by atoms with Gasteiger partial charge >= 0.3 is 0 Å². The van der Waals surface area contributed by atoms with Gasteiger partial charge in [-0.1, -0.05) is 24.3 Å². The van der Waals surface area contributed by atoms with Gasteiger partial charge in [-0.3, -0.25) is 4.79 Å². The van der Waals surface area contributed by atoms with Crippen LogP contribution >= 0.6 is 0 Å². The first-order chi connectivity index (χ1) is 13.6. The van der Waals surface area contributed by atoms with Crippen LogP contribution in [0.3, 0.4) is 0 Å². The average Bonchev–Trinajstić information content (AvgIpc) is 2.74. The highest BCUT2D eigenvalue weighted by Crippen LogP contribution is 2.20. The van der Waals surface area contributed by atoms with E-state index in [-0.39, 0.29) is 47.4 Å². The summed E-state index contributed by atoms with van der Waals surface area (Å²) in [5, 5.41) is 0. The molecule has 1 aliphatic heterocycles. The number of sulfonamides is 2. The van der Waals surface area contributed by atoms with Crippen molar-refractivity contribution in [2.24, 2.45) is 0 Å². The lowest BCUT2D eigenvalue weighted by Crippen LogP contribution is -2.50. The molecule has 1 amide bonds. The van der Waals surface area contributed by atoms with Crippen LogP contribution in [-0.4, -0.2) is 76.5 Å². The first-order valence-corrected chi connectivity index (χ1v) is 11.9. The van der Waals surface area contributed by atoms with Crippen molar-refractivity contribution in [1.29, 1.82) is 0 Å². The molecule has 0 bridgehead atoms. The standard InChI is InChI=1S/C19H23N3O5S2/c1-20(2)28(24,25)18-10-6-7-16(15-18)19(23)21-11-13-22(14-12-21)29(26,27)17-8-4-3-5-9-17/h3-10,15H,11-14H2,1-2H3. The summed E-state index contributed by atoms with van der Waals surface area (Å²) in [7, 11) is -4.39. The van der Waals surface area contributed by atoms with Crippen LogP contribution in [0.5, 0.6) is 0 Å². The highest BCUT2D eigenvalue weighted by atomic mass is 32.2. The molecule has 0 unspecified atom stereocenters. The summed E-state index contributed by atoms with van der Waals surface area (Å²) in [5.41, 5.74) is 0.257. The number of nitrogens with zero attached hydrogens (tertiary/aromatic N) is 3. The molecule has 0 saturated carbocycles. The zero-order chi connectivity index (χ0) is 21.2. The first kappa shape index (κ1) is 21.4. The van der Waals surface area contributed by atoms with Crippen molar-refractivity contribution >= 4 is 26.0 Å². The molecule has 2 aromatic carbocycles. The SMILES string of the molecule is CN(C)S(=O)(=O)c1cccc(C(=O)N2CCN(S(=O)(=O)c3ccccc3)CC2)c1. The van der Waals surface area contributed by atoms with E-state index in [0.717, 1.165) is 4.31 Å². The van der Waals surface area contributed by atoms with Crippen molar-refractivity contribution in [3.8, 4) is 0 Å². The molecule has 156 valence electrons. The van der Waals surface area contributed by atoms with Crippen LogP contribution in [0.4, 0.5) is 0 Å². The average molecular weight is 438 g/mol. The molecule has 0 radical (unpaired) electrons. The van der Waals surface area contributed by atoms with E-state index in [4.69, 9.17) is 0 Å². The lowest BCUT2D eigenvalue weighted by molar-refractivity contribution is 0.0697. The Kier molecular flexibility index (Phi) is 6.08. The summed E-state index contributed by atoms with van der Waals surface area (Å²) in [6, 6.07) is 14.1. The molecule has 29 heavy (non-hydrogen) atoms. The van der Waals surface area contributed by atoms with Crippen molar-refractivity contribution in [2.75, 3.05) is 40.3 Å². The fourth-order valence-corrected chi connectivity index (χ4v) is 5.45. The second kappa shape index (κ2) is 8.23. The van der Waals surface area contributed by atoms with Crippen molar-refractivity contribution in [1.82, 2.24) is 13.5 Å². The zero-order valence-electron chi connectivity index (χ0n) is 16.2. The smallest absolute Gasteiger partial charge is 0.253 e. The number of carbonyl (C=O) groups is 1. The lowest BCUT2D eigenvalue weighted by Gasteiger charge is -2.34. The number of hydrogen-bond acceptors (Lipinski definition) is 5. The summed E-state index contributed by atoms with van der Waals surface area (Å²) < 4.78 is 52.5. The maximum atomic E-state index is 12.8. The summed E-state index contributed by atoms with van der Waals surface area (Å²) in [6.45, 7) is 0.822. The van der Waals surface area contributed by atoms with E-state index in [1.165, 1.54) is 36.6 Å². The van der Waals surface area contributed by atoms with Gasteiger partial charge in [0.05, 0.1) is 9.79 Å². The van der Waals surface area contributed by atoms with E-state index < -0.39 is 20.0 Å². The number of rotatable bonds is 5. The van der Waals surface area contributed by atoms with Gasteiger partial charge in [0.15, 0.2) is 0 Å². The zero-order valence-corrected chi connectivity index (χ0v) is 17.9. The number of hydrogen-bond donors (Lipinski definition) is 0. The molecule has 0 N–H and O–H groups in total. The summed E-state index contributed by atoms with van der Waals surface area (Å²) >= 11 is 0. The Morgan fingerprint density at radius 2 is 1.41 bits per heavy atom. The number of amides is 1. The molecule has 0 atom stereocenters. The molecule has 2 aromatic rings. The summed E-state index contributed by atoms with van der Waals surface area (Å²) in [6.07, 6.45) is 0. The molecule has 1 aliphatic rings. The van der Waals surface area contributed by atoms with Crippen LogP contribution in [-0.2, 0) is 20.0 Å². The van der Waals surface area contributed by atoms with Crippen LogP contribution in [0.2, 0.25) is 0 Å². The quantitative estimate of drug-likeness (QED) is 0.698. The van der Waals surface area contributed by atoms with E-state index in [0.29, 0.717) is 0 Å². The molecule has 1 fully saturated rings. The van der Waals surface area contributed by atoms with Gasteiger partial charge in [0.2, 0.25) is 20.0 Å². The minimum Gasteiger partial charge on any atom is -0.336 e. The summed E-state index contributed by atoms with van der Waals surface area (Å²) in [5.74, 6) is -0.322. The predicted molar refractivity (Wildman–Crippen MR) is 108 cm³/mol. The van der Waals surface area contributed by atoms with Gasteiger partial charge in [-0.2, -0.15) is 4.31 Å². The monoisotopic (exact) mass is 437 g/mol. The molecule has 0 aliphatic carbocycles. The Morgan fingerprint density at radius 3 is 2.00 bits per heavy atom. The van der Waals surface area contributed by atoms with Gasteiger partial charge in [0, 0.05) is 45.8 Å². The fraction of sp³-hybridized carbons (Fsp3) is 0.316. The molecule has 1 heterocycles. The van der Waals surface area contributed by atoms with Crippen LogP contribution < -0.4 is 0 Å². The molecule has 0 aromatic heterocycles. The fourth-order valence-electron chi connectivity index (χ4n) is 3.06. The molecule has 1 saturated heterocycles. The van der Waals surface area contributed by atoms with Gasteiger partial charge < -0.3 is 4.90 Å². The molecule has 8 nitrogen and oxygen atoms in total. The van der Waals surface area contributed by atoms with Gasteiger partial charge in [-0.15, -0.1) is 0 Å². The van der Waals surface area contributed by atoms with Crippen molar-refractivity contribution in [3.05, 3.63) is 60.2 Å². The first-order valence-electron chi connectivity index (χ1n) is 9.01. The molecule has 10 heteroatoms. The lowest BCUT2D eigenvalue weighted by atomic mass is 10.2. The molecule has 3 rings (SSSR count). The Balaban J connectivity index is 1.73. The van der Waals surface area contributed by atoms with E-state index in [9.17, 15) is 21.6 Å². The summed E-state index contributed by atoms with van der Waals surface area (Å²) in [4.78, 5) is 14.6. The third-order valence-corrected chi connectivity index (χ3v) is 8.49. The topological polar surface area (TPSA) is 95.1 Å². The normalized spacial score (nSPS) is 16.2. The minimum atomic E-state index is -3.65. The van der Waals surface area contributed by atoms with Crippen molar-refractivity contribution in [3.63, 3.8) is 0 Å². The molecular weight excluding hydrogens is 414 g/mol. The van der Waals surface area contributed by atoms with E-state index in [1.807, 2.05) is 0 Å². The Morgan fingerprint density at radius 1 is 0.828 bits per heavy atom. The maximum Gasteiger partial charge on any atom is 0.253 e.